The highest BCUT2D eigenvalue weighted by Gasteiger charge is 2.66. The minimum Gasteiger partial charge on any atom is -0.465 e. The predicted molar refractivity (Wildman–Crippen MR) is 156 cm³/mol. The molecule has 11 nitrogen and oxygen atoms in total. The quantitative estimate of drug-likeness (QED) is 0.429. The summed E-state index contributed by atoms with van der Waals surface area (Å²) in [4.78, 5) is 43.7. The van der Waals surface area contributed by atoms with Crippen LogP contribution in [-0.4, -0.2) is 77.3 Å². The van der Waals surface area contributed by atoms with E-state index in [1.54, 1.807) is 19.2 Å². The van der Waals surface area contributed by atoms with Crippen molar-refractivity contribution in [2.24, 2.45) is 4.99 Å². The molecule has 2 aromatic rings. The Morgan fingerprint density at radius 1 is 1.36 bits per heavy atom. The topological polar surface area (TPSA) is 122 Å². The summed E-state index contributed by atoms with van der Waals surface area (Å²) in [5.41, 5.74) is 5.10. The first kappa shape index (κ1) is 25.4. The molecule has 0 radical (unpaired) electrons. The number of ether oxygens (including phenoxy) is 2. The Hall–Kier alpha value is -4.32. The van der Waals surface area contributed by atoms with E-state index in [0.717, 1.165) is 49.6 Å². The summed E-state index contributed by atoms with van der Waals surface area (Å²) < 4.78 is 15.3. The van der Waals surface area contributed by atoms with Crippen LogP contribution in [0.4, 0.5) is 10.5 Å². The Bertz CT molecular complexity index is 1930. The third kappa shape index (κ3) is 2.90. The van der Waals surface area contributed by atoms with Crippen molar-refractivity contribution in [2.75, 3.05) is 20.7 Å². The number of hydrogen-bond donors (Lipinski definition) is 2. The molecule has 8 rings (SSSR count). The SMILES string of the molecule is CO[C@H]1[C@@]2(C)/C=C\Cn3c4c(c5c6c(c7c(c53)[N@@+]1(N(C)C(=O)CNC(=O)O)C1=C7C=C[C@@H](C1)O2)C=NC=6)C(=O)CCC=4. The smallest absolute Gasteiger partial charge is 0.405 e. The number of carbonyl (C=O) groups is 3. The second-order valence-electron chi connectivity index (χ2n) is 11.7. The second-order valence-corrected chi connectivity index (χ2v) is 11.7. The fourth-order valence-corrected chi connectivity index (χ4v) is 8.15. The normalized spacial score (nSPS) is 29.8. The van der Waals surface area contributed by atoms with E-state index in [0.29, 0.717) is 31.4 Å². The summed E-state index contributed by atoms with van der Waals surface area (Å²) in [7, 11) is 3.32. The predicted octanol–water partition coefficient (Wildman–Crippen LogP) is 1.90. The van der Waals surface area contributed by atoms with Gasteiger partial charge in [-0.25, -0.2) is 4.79 Å². The number of hydrogen-bond acceptors (Lipinski definition) is 6. The van der Waals surface area contributed by atoms with E-state index in [1.807, 2.05) is 25.4 Å². The summed E-state index contributed by atoms with van der Waals surface area (Å²) in [5, 5.41) is 15.8. The highest BCUT2D eigenvalue weighted by molar-refractivity contribution is 6.18. The van der Waals surface area contributed by atoms with Gasteiger partial charge in [0.1, 0.15) is 12.1 Å². The molecule has 214 valence electrons. The van der Waals surface area contributed by atoms with E-state index >= 15 is 0 Å². The molecule has 0 unspecified atom stereocenters. The number of carbonyl (C=O) groups excluding carboxylic acids is 2. The third-order valence-corrected chi connectivity index (χ3v) is 9.61. The van der Waals surface area contributed by atoms with Crippen LogP contribution < -0.4 is 20.5 Å². The molecule has 0 saturated carbocycles. The van der Waals surface area contributed by atoms with Crippen LogP contribution in [0.25, 0.3) is 28.8 Å². The Balaban J connectivity index is 1.61. The van der Waals surface area contributed by atoms with Gasteiger partial charge in [-0.05, 0) is 25.5 Å². The molecule has 4 atom stereocenters. The van der Waals surface area contributed by atoms with Gasteiger partial charge < -0.3 is 24.5 Å². The van der Waals surface area contributed by atoms with Crippen LogP contribution in [0, 0.1) is 0 Å². The first-order valence-corrected chi connectivity index (χ1v) is 14.1. The molecule has 11 heteroatoms. The monoisotopic (exact) mass is 568 g/mol. The number of carboxylic acid groups (broad SMARTS) is 1. The number of quaternary nitrogens is 1. The average Bonchev–Trinajstić information content (AvgIpc) is 3.63. The molecule has 1 fully saturated rings. The van der Waals surface area contributed by atoms with Crippen molar-refractivity contribution in [3.8, 4) is 0 Å². The van der Waals surface area contributed by atoms with E-state index in [4.69, 9.17) is 9.47 Å². The van der Waals surface area contributed by atoms with Crippen LogP contribution in [0.1, 0.15) is 47.7 Å². The number of nitrogens with zero attached hydrogens (tertiary/aromatic N) is 4. The molecule has 1 aromatic heterocycles. The summed E-state index contributed by atoms with van der Waals surface area (Å²) in [6.45, 7) is 2.04. The number of likely N-dealkylation sites (N-methyl/N-ethyl adjacent to an activating group) is 1. The number of aliphatic imine (C=N–C) groups is 1. The van der Waals surface area contributed by atoms with Crippen LogP contribution in [0.3, 0.4) is 0 Å². The number of fused-ring (bicyclic) bond motifs is 9. The number of ketones is 1. The van der Waals surface area contributed by atoms with Gasteiger partial charge in [-0.15, -0.1) is 4.59 Å². The van der Waals surface area contributed by atoms with Crippen molar-refractivity contribution in [1.29, 1.82) is 0 Å². The molecule has 1 aromatic carbocycles. The number of rotatable bonds is 4. The third-order valence-electron chi connectivity index (χ3n) is 9.61. The molecule has 5 heterocycles. The summed E-state index contributed by atoms with van der Waals surface area (Å²) in [6, 6.07) is 0. The fraction of sp³-hybridized carbons (Fsp3) is 0.355. The average molecular weight is 569 g/mol. The summed E-state index contributed by atoms with van der Waals surface area (Å²) in [6.07, 6.45) is 13.2. The van der Waals surface area contributed by atoms with Crippen molar-refractivity contribution in [1.82, 2.24) is 19.5 Å². The highest BCUT2D eigenvalue weighted by Crippen LogP contribution is 2.59. The van der Waals surface area contributed by atoms with Gasteiger partial charge in [0, 0.05) is 59.6 Å². The van der Waals surface area contributed by atoms with Crippen LogP contribution in [0.5, 0.6) is 0 Å². The minimum absolute atomic E-state index is 0.0874. The maximum absolute atomic E-state index is 14.0. The van der Waals surface area contributed by atoms with Gasteiger partial charge >= 0.3 is 6.09 Å². The van der Waals surface area contributed by atoms with Gasteiger partial charge in [0.25, 0.3) is 12.1 Å². The molecule has 42 heavy (non-hydrogen) atoms. The molecule has 2 N–H and O–H groups in total. The van der Waals surface area contributed by atoms with Crippen LogP contribution in [-0.2, 0) is 20.8 Å². The Kier molecular flexibility index (Phi) is 5.06. The molecule has 4 bridgehead atoms. The number of benzene rings is 1. The zero-order valence-corrected chi connectivity index (χ0v) is 23.5. The minimum atomic E-state index is -1.28. The van der Waals surface area contributed by atoms with Crippen LogP contribution in [0.15, 0.2) is 35.0 Å². The van der Waals surface area contributed by atoms with E-state index in [-0.39, 0.29) is 16.5 Å². The second kappa shape index (κ2) is 8.37. The first-order chi connectivity index (χ1) is 20.2. The Morgan fingerprint density at radius 3 is 2.98 bits per heavy atom. The molecule has 4 aliphatic heterocycles. The number of amides is 2. The molecule has 1 saturated heterocycles. The first-order valence-electron chi connectivity index (χ1n) is 14.1. The Morgan fingerprint density at radius 2 is 2.19 bits per heavy atom. The maximum Gasteiger partial charge on any atom is 0.405 e. The van der Waals surface area contributed by atoms with Crippen molar-refractivity contribution >= 4 is 58.4 Å². The van der Waals surface area contributed by atoms with Gasteiger partial charge in [0.05, 0.1) is 30.7 Å². The van der Waals surface area contributed by atoms with Gasteiger partial charge in [0.2, 0.25) is 0 Å². The molecule has 2 amide bonds. The largest absolute Gasteiger partial charge is 0.465 e. The molecule has 2 aliphatic carbocycles. The lowest BCUT2D eigenvalue weighted by Gasteiger charge is -2.48. The van der Waals surface area contributed by atoms with E-state index in [9.17, 15) is 19.5 Å². The van der Waals surface area contributed by atoms with Gasteiger partial charge in [-0.3, -0.25) is 14.6 Å². The van der Waals surface area contributed by atoms with Gasteiger partial charge in [-0.2, -0.15) is 5.01 Å². The summed E-state index contributed by atoms with van der Waals surface area (Å²) >= 11 is 0. The number of allylic oxidation sites excluding steroid dienone is 3. The number of aromatic nitrogens is 1. The Labute approximate surface area is 240 Å². The number of nitrogens with one attached hydrogen (secondary N) is 1. The fourth-order valence-electron chi connectivity index (χ4n) is 8.15. The molecular weight excluding hydrogens is 538 g/mol. The van der Waals surface area contributed by atoms with Crippen LogP contribution >= 0.6 is 0 Å². The van der Waals surface area contributed by atoms with Gasteiger partial charge in [-0.1, -0.05) is 18.2 Å². The standard InChI is InChI=1S/C31H29N5O6/c1-31-10-5-11-35-20-6-4-7-22(37)26(20)25-19-14-32-13-18(19)24-17-9-8-16(42-31)12-21(17)36(29(31)41-3,28(24)27(25)35)34(2)23(38)15-33-30(39)40/h5-6,8-10,13-14,16,29,33H,4,7,11-12,15H2,1-3H3/p+1/b10-5-/t16-,29-,31+,36-/m0/s1. The molecule has 0 spiro atoms. The zero-order chi connectivity index (χ0) is 29.1. The molecule has 6 aliphatic rings. The highest BCUT2D eigenvalue weighted by atomic mass is 16.6. The van der Waals surface area contributed by atoms with Crippen molar-refractivity contribution < 1.29 is 29.0 Å². The molecular formula is C31H30N5O6+. The number of methoxy groups -OCH3 is 1. The lowest BCUT2D eigenvalue weighted by Crippen LogP contribution is -2.71. The summed E-state index contributed by atoms with van der Waals surface area (Å²) in [5.74, 6) is -0.346. The van der Waals surface area contributed by atoms with Crippen molar-refractivity contribution in [2.45, 2.75) is 50.7 Å². The van der Waals surface area contributed by atoms with E-state index in [1.165, 1.54) is 0 Å². The lowest BCUT2D eigenvalue weighted by molar-refractivity contribution is -0.194. The number of Topliss-reactive ketones (excluding diaryl/α,β-unsaturated/α-hetero) is 1. The zero-order valence-electron chi connectivity index (χ0n) is 23.5. The van der Waals surface area contributed by atoms with Gasteiger partial charge in [0.15, 0.2) is 22.8 Å². The van der Waals surface area contributed by atoms with E-state index < -0.39 is 30.4 Å². The van der Waals surface area contributed by atoms with E-state index in [2.05, 4.69) is 39.2 Å². The lowest BCUT2D eigenvalue weighted by atomic mass is 9.90. The maximum atomic E-state index is 14.0. The van der Waals surface area contributed by atoms with Crippen molar-refractivity contribution in [3.05, 3.63) is 57.3 Å². The van der Waals surface area contributed by atoms with Crippen molar-refractivity contribution in [3.63, 3.8) is 0 Å². The van der Waals surface area contributed by atoms with Crippen LogP contribution in [0.2, 0.25) is 0 Å².